The van der Waals surface area contributed by atoms with E-state index in [-0.39, 0.29) is 24.9 Å². The second kappa shape index (κ2) is 5.42. The third kappa shape index (κ3) is 2.55. The number of nitrogens with zero attached hydrogens (tertiary/aromatic N) is 1. The Labute approximate surface area is 125 Å². The molecule has 7 heteroatoms. The minimum atomic E-state index is -1.09. The number of aryl methyl sites for hydroxylation is 1. The van der Waals surface area contributed by atoms with Gasteiger partial charge in [0.25, 0.3) is 5.91 Å². The van der Waals surface area contributed by atoms with Crippen LogP contribution in [0.15, 0.2) is 18.2 Å². The summed E-state index contributed by atoms with van der Waals surface area (Å²) in [4.78, 5) is 27.8. The Balaban J connectivity index is 1.89. The molecule has 1 amide bonds. The summed E-state index contributed by atoms with van der Waals surface area (Å²) >= 11 is 0. The van der Waals surface area contributed by atoms with Crippen LogP contribution in [0.4, 0.5) is 4.39 Å². The van der Waals surface area contributed by atoms with Crippen LogP contribution in [0.1, 0.15) is 16.1 Å². The van der Waals surface area contributed by atoms with Gasteiger partial charge >= 0.3 is 5.97 Å². The van der Waals surface area contributed by atoms with E-state index >= 15 is 0 Å². The van der Waals surface area contributed by atoms with Crippen molar-refractivity contribution in [3.05, 3.63) is 35.3 Å². The minimum absolute atomic E-state index is 0.00310. The van der Waals surface area contributed by atoms with Crippen molar-refractivity contribution in [2.75, 3.05) is 19.7 Å². The molecule has 2 aromatic rings. The van der Waals surface area contributed by atoms with Crippen LogP contribution >= 0.6 is 0 Å². The molecule has 1 aliphatic rings. The SMILES string of the molecule is Cc1cc(F)cc2[nH]c(C(=O)N3CCO[C@@H](C(=O)O)C3)cc12. The lowest BCUT2D eigenvalue weighted by atomic mass is 10.1. The predicted octanol–water partition coefficient (Wildman–Crippen LogP) is 1.54. The zero-order valence-electron chi connectivity index (χ0n) is 11.9. The second-order valence-electron chi connectivity index (χ2n) is 5.32. The molecule has 1 aromatic carbocycles. The summed E-state index contributed by atoms with van der Waals surface area (Å²) in [5, 5.41) is 9.75. The summed E-state index contributed by atoms with van der Waals surface area (Å²) in [6.07, 6.45) is -1.01. The van der Waals surface area contributed by atoms with Crippen molar-refractivity contribution in [3.8, 4) is 0 Å². The lowest BCUT2D eigenvalue weighted by Crippen LogP contribution is -2.48. The number of ether oxygens (including phenoxy) is 1. The van der Waals surface area contributed by atoms with Crippen molar-refractivity contribution in [1.29, 1.82) is 0 Å². The van der Waals surface area contributed by atoms with E-state index in [0.29, 0.717) is 17.8 Å². The maximum atomic E-state index is 13.4. The maximum Gasteiger partial charge on any atom is 0.334 e. The van der Waals surface area contributed by atoms with Gasteiger partial charge in [-0.2, -0.15) is 0 Å². The third-order valence-corrected chi connectivity index (χ3v) is 3.77. The molecule has 1 atom stereocenters. The molecule has 116 valence electrons. The quantitative estimate of drug-likeness (QED) is 0.881. The van der Waals surface area contributed by atoms with E-state index < -0.39 is 12.1 Å². The average Bonchev–Trinajstić information content (AvgIpc) is 2.90. The molecular weight excluding hydrogens is 291 g/mol. The lowest BCUT2D eigenvalue weighted by molar-refractivity contribution is -0.154. The van der Waals surface area contributed by atoms with Gasteiger partial charge in [0.15, 0.2) is 6.10 Å². The Hall–Kier alpha value is -2.41. The first-order valence-electron chi connectivity index (χ1n) is 6.88. The zero-order chi connectivity index (χ0) is 15.9. The number of aromatic nitrogens is 1. The van der Waals surface area contributed by atoms with Gasteiger partial charge in [-0.3, -0.25) is 4.79 Å². The highest BCUT2D eigenvalue weighted by atomic mass is 19.1. The molecule has 3 rings (SSSR count). The Morgan fingerprint density at radius 2 is 2.18 bits per heavy atom. The summed E-state index contributed by atoms with van der Waals surface area (Å²) in [5.41, 5.74) is 1.59. The van der Waals surface area contributed by atoms with Gasteiger partial charge in [0.2, 0.25) is 0 Å². The highest BCUT2D eigenvalue weighted by Gasteiger charge is 2.30. The number of hydrogen-bond donors (Lipinski definition) is 2. The number of fused-ring (bicyclic) bond motifs is 1. The van der Waals surface area contributed by atoms with Crippen molar-refractivity contribution >= 4 is 22.8 Å². The van der Waals surface area contributed by atoms with E-state index in [1.54, 1.807) is 13.0 Å². The molecule has 1 saturated heterocycles. The van der Waals surface area contributed by atoms with E-state index in [1.165, 1.54) is 17.0 Å². The topological polar surface area (TPSA) is 82.6 Å². The van der Waals surface area contributed by atoms with Crippen LogP contribution in [0.3, 0.4) is 0 Å². The van der Waals surface area contributed by atoms with Crippen LogP contribution in [0.2, 0.25) is 0 Å². The number of carboxylic acid groups (broad SMARTS) is 1. The smallest absolute Gasteiger partial charge is 0.334 e. The lowest BCUT2D eigenvalue weighted by Gasteiger charge is -2.30. The van der Waals surface area contributed by atoms with E-state index in [4.69, 9.17) is 9.84 Å². The molecule has 1 fully saturated rings. The Morgan fingerprint density at radius 1 is 1.41 bits per heavy atom. The fourth-order valence-corrected chi connectivity index (χ4v) is 2.64. The highest BCUT2D eigenvalue weighted by molar-refractivity contribution is 5.99. The summed E-state index contributed by atoms with van der Waals surface area (Å²) in [6.45, 7) is 2.27. The Kier molecular flexibility index (Phi) is 3.58. The number of aromatic amines is 1. The summed E-state index contributed by atoms with van der Waals surface area (Å²) in [6, 6.07) is 4.40. The standard InChI is InChI=1S/C15H15FN2O4/c1-8-4-9(16)5-11-10(8)6-12(17-11)14(19)18-2-3-22-13(7-18)15(20)21/h4-6,13,17H,2-3,7H2,1H3,(H,20,21)/t13-/m1/s1. The number of H-pyrrole nitrogens is 1. The van der Waals surface area contributed by atoms with E-state index in [0.717, 1.165) is 10.9 Å². The maximum absolute atomic E-state index is 13.4. The largest absolute Gasteiger partial charge is 0.479 e. The number of morpholine rings is 1. The Bertz CT molecular complexity index is 755. The summed E-state index contributed by atoms with van der Waals surface area (Å²) in [5.74, 6) is -1.78. The molecule has 1 aromatic heterocycles. The number of nitrogens with one attached hydrogen (secondary N) is 1. The van der Waals surface area contributed by atoms with Crippen molar-refractivity contribution in [2.45, 2.75) is 13.0 Å². The van der Waals surface area contributed by atoms with E-state index in [2.05, 4.69) is 4.98 Å². The summed E-state index contributed by atoms with van der Waals surface area (Å²) in [7, 11) is 0. The first-order chi connectivity index (χ1) is 10.5. The van der Waals surface area contributed by atoms with Gasteiger partial charge in [-0.05, 0) is 30.7 Å². The predicted molar refractivity (Wildman–Crippen MR) is 76.3 cm³/mol. The van der Waals surface area contributed by atoms with Crippen LogP contribution in [-0.2, 0) is 9.53 Å². The van der Waals surface area contributed by atoms with E-state index in [1.807, 2.05) is 0 Å². The van der Waals surface area contributed by atoms with Crippen molar-refractivity contribution in [2.24, 2.45) is 0 Å². The van der Waals surface area contributed by atoms with Crippen LogP contribution in [0.5, 0.6) is 0 Å². The first kappa shape index (κ1) is 14.5. The number of halogens is 1. The first-order valence-corrected chi connectivity index (χ1v) is 6.88. The van der Waals surface area contributed by atoms with Gasteiger partial charge < -0.3 is 19.7 Å². The number of hydrogen-bond acceptors (Lipinski definition) is 3. The monoisotopic (exact) mass is 306 g/mol. The molecule has 0 bridgehead atoms. The number of benzene rings is 1. The van der Waals surface area contributed by atoms with Crippen molar-refractivity contribution in [3.63, 3.8) is 0 Å². The molecule has 0 spiro atoms. The molecular formula is C15H15FN2O4. The van der Waals surface area contributed by atoms with Gasteiger partial charge in [0.1, 0.15) is 11.5 Å². The van der Waals surface area contributed by atoms with Crippen molar-refractivity contribution in [1.82, 2.24) is 9.88 Å². The van der Waals surface area contributed by atoms with Gasteiger partial charge in [-0.25, -0.2) is 9.18 Å². The molecule has 2 N–H and O–H groups in total. The number of carboxylic acids is 1. The number of amides is 1. The molecule has 1 aliphatic heterocycles. The molecule has 6 nitrogen and oxygen atoms in total. The van der Waals surface area contributed by atoms with Crippen LogP contribution < -0.4 is 0 Å². The van der Waals surface area contributed by atoms with Gasteiger partial charge in [0, 0.05) is 17.4 Å². The Morgan fingerprint density at radius 3 is 2.91 bits per heavy atom. The fraction of sp³-hybridized carbons (Fsp3) is 0.333. The molecule has 22 heavy (non-hydrogen) atoms. The number of carbonyl (C=O) groups excluding carboxylic acids is 1. The van der Waals surface area contributed by atoms with E-state index in [9.17, 15) is 14.0 Å². The molecule has 0 aliphatic carbocycles. The van der Waals surface area contributed by atoms with Gasteiger partial charge in [0.05, 0.1) is 13.2 Å². The number of rotatable bonds is 2. The third-order valence-electron chi connectivity index (χ3n) is 3.77. The van der Waals surface area contributed by atoms with Crippen LogP contribution in [0, 0.1) is 12.7 Å². The highest BCUT2D eigenvalue weighted by Crippen LogP contribution is 2.22. The summed E-state index contributed by atoms with van der Waals surface area (Å²) < 4.78 is 18.5. The van der Waals surface area contributed by atoms with Gasteiger partial charge in [-0.1, -0.05) is 0 Å². The number of carbonyl (C=O) groups is 2. The normalized spacial score (nSPS) is 18.6. The minimum Gasteiger partial charge on any atom is -0.479 e. The fourth-order valence-electron chi connectivity index (χ4n) is 2.64. The van der Waals surface area contributed by atoms with Crippen LogP contribution in [-0.4, -0.2) is 52.7 Å². The molecule has 0 saturated carbocycles. The molecule has 2 heterocycles. The second-order valence-corrected chi connectivity index (χ2v) is 5.32. The average molecular weight is 306 g/mol. The van der Waals surface area contributed by atoms with Gasteiger partial charge in [-0.15, -0.1) is 0 Å². The molecule has 0 unspecified atom stereocenters. The molecule has 0 radical (unpaired) electrons. The van der Waals surface area contributed by atoms with Crippen LogP contribution in [0.25, 0.3) is 10.9 Å². The zero-order valence-corrected chi connectivity index (χ0v) is 11.9. The number of aliphatic carboxylic acids is 1. The van der Waals surface area contributed by atoms with Crippen molar-refractivity contribution < 1.29 is 23.8 Å².